The Morgan fingerprint density at radius 2 is 2.17 bits per heavy atom. The number of hydrogen-bond donors (Lipinski definition) is 0. The van der Waals surface area contributed by atoms with Crippen LogP contribution in [0.5, 0.6) is 5.75 Å². The first-order chi connectivity index (χ1) is 8.79. The van der Waals surface area contributed by atoms with Crippen LogP contribution in [-0.2, 0) is 6.42 Å². The van der Waals surface area contributed by atoms with E-state index in [9.17, 15) is 4.79 Å². The summed E-state index contributed by atoms with van der Waals surface area (Å²) >= 11 is 1.75. The molecule has 1 heterocycles. The first-order valence-corrected chi connectivity index (χ1v) is 7.06. The molecule has 1 aliphatic heterocycles. The molecule has 1 aliphatic carbocycles. The fourth-order valence-electron chi connectivity index (χ4n) is 2.46. The summed E-state index contributed by atoms with van der Waals surface area (Å²) in [5.74, 6) is 1.86. The van der Waals surface area contributed by atoms with Crippen LogP contribution in [0.25, 0.3) is 0 Å². The van der Waals surface area contributed by atoms with E-state index in [0.717, 1.165) is 41.0 Å². The normalized spacial score (nSPS) is 22.2. The van der Waals surface area contributed by atoms with Gasteiger partial charge in [0.1, 0.15) is 5.75 Å². The van der Waals surface area contributed by atoms with E-state index in [1.54, 1.807) is 18.9 Å². The van der Waals surface area contributed by atoms with E-state index in [1.807, 2.05) is 18.2 Å². The highest BCUT2D eigenvalue weighted by Crippen LogP contribution is 2.33. The van der Waals surface area contributed by atoms with Gasteiger partial charge in [-0.3, -0.25) is 4.79 Å². The zero-order valence-corrected chi connectivity index (χ0v) is 11.0. The van der Waals surface area contributed by atoms with Gasteiger partial charge in [0, 0.05) is 16.9 Å². The van der Waals surface area contributed by atoms with Crippen LogP contribution in [-0.4, -0.2) is 18.6 Å². The molecule has 92 valence electrons. The van der Waals surface area contributed by atoms with Gasteiger partial charge in [-0.1, -0.05) is 12.1 Å². The Labute approximate surface area is 111 Å². The second kappa shape index (κ2) is 4.65. The van der Waals surface area contributed by atoms with Gasteiger partial charge >= 0.3 is 0 Å². The van der Waals surface area contributed by atoms with E-state index in [4.69, 9.17) is 4.74 Å². The number of benzene rings is 1. The highest BCUT2D eigenvalue weighted by Gasteiger charge is 2.25. The predicted molar refractivity (Wildman–Crippen MR) is 74.3 cm³/mol. The lowest BCUT2D eigenvalue weighted by molar-refractivity contribution is 0.102. The van der Waals surface area contributed by atoms with E-state index in [1.165, 1.54) is 5.57 Å². The van der Waals surface area contributed by atoms with Gasteiger partial charge in [-0.15, -0.1) is 11.8 Å². The first-order valence-electron chi connectivity index (χ1n) is 6.01. The van der Waals surface area contributed by atoms with Gasteiger partial charge in [0.2, 0.25) is 0 Å². The molecule has 0 fully saturated rings. The summed E-state index contributed by atoms with van der Waals surface area (Å²) in [6.07, 6.45) is 3.88. The van der Waals surface area contributed by atoms with Gasteiger partial charge in [-0.05, 0) is 41.5 Å². The zero-order chi connectivity index (χ0) is 12.5. The summed E-state index contributed by atoms with van der Waals surface area (Å²) in [7, 11) is 1.63. The van der Waals surface area contributed by atoms with Gasteiger partial charge in [0.05, 0.1) is 7.11 Å². The Morgan fingerprint density at radius 3 is 2.89 bits per heavy atom. The minimum atomic E-state index is 0.178. The van der Waals surface area contributed by atoms with Crippen LogP contribution in [0.2, 0.25) is 0 Å². The molecule has 0 aromatic heterocycles. The van der Waals surface area contributed by atoms with Crippen molar-refractivity contribution in [1.29, 1.82) is 0 Å². The molecule has 1 aromatic carbocycles. The predicted octanol–water partition coefficient (Wildman–Crippen LogP) is 3.38. The topological polar surface area (TPSA) is 26.3 Å². The number of rotatable bonds is 1. The Kier molecular flexibility index (Phi) is 3.00. The molecule has 0 amide bonds. The van der Waals surface area contributed by atoms with Gasteiger partial charge in [-0.2, -0.15) is 0 Å². The summed E-state index contributed by atoms with van der Waals surface area (Å²) < 4.78 is 5.20. The SMILES string of the molecule is COc1ccc2c(c1)C(=O)C(=C1C=CSC1)CC2. The summed E-state index contributed by atoms with van der Waals surface area (Å²) in [5, 5.41) is 2.07. The summed E-state index contributed by atoms with van der Waals surface area (Å²) in [4.78, 5) is 12.5. The standard InChI is InChI=1S/C15H14O2S/c1-17-12-4-2-10-3-5-13(11-6-7-18-9-11)15(16)14(10)8-12/h2,4,6-8H,3,5,9H2,1H3. The number of carbonyl (C=O) groups excluding carboxylic acids is 1. The number of methoxy groups -OCH3 is 1. The third-order valence-corrected chi connectivity index (χ3v) is 4.28. The van der Waals surface area contributed by atoms with E-state index in [0.29, 0.717) is 0 Å². The summed E-state index contributed by atoms with van der Waals surface area (Å²) in [6.45, 7) is 0. The molecule has 0 radical (unpaired) electrons. The largest absolute Gasteiger partial charge is 0.497 e. The van der Waals surface area contributed by atoms with Crippen LogP contribution in [0, 0.1) is 0 Å². The second-order valence-corrected chi connectivity index (χ2v) is 5.36. The third kappa shape index (κ3) is 1.89. The van der Waals surface area contributed by atoms with Crippen molar-refractivity contribution in [2.75, 3.05) is 12.9 Å². The Bertz CT molecular complexity index is 570. The molecular weight excluding hydrogens is 244 g/mol. The number of ether oxygens (including phenoxy) is 1. The molecule has 0 saturated carbocycles. The van der Waals surface area contributed by atoms with Crippen molar-refractivity contribution < 1.29 is 9.53 Å². The number of fused-ring (bicyclic) bond motifs is 1. The van der Waals surface area contributed by atoms with Crippen molar-refractivity contribution in [2.24, 2.45) is 0 Å². The third-order valence-electron chi connectivity index (χ3n) is 3.47. The van der Waals surface area contributed by atoms with E-state index in [-0.39, 0.29) is 5.78 Å². The number of hydrogen-bond acceptors (Lipinski definition) is 3. The van der Waals surface area contributed by atoms with Gasteiger partial charge in [0.15, 0.2) is 5.78 Å². The van der Waals surface area contributed by atoms with Crippen molar-refractivity contribution in [3.05, 3.63) is 52.0 Å². The summed E-state index contributed by atoms with van der Waals surface area (Å²) in [5.41, 5.74) is 4.13. The van der Waals surface area contributed by atoms with Crippen LogP contribution in [0.1, 0.15) is 22.3 Å². The lowest BCUT2D eigenvalue weighted by atomic mass is 9.84. The molecule has 18 heavy (non-hydrogen) atoms. The number of aryl methyl sites for hydroxylation is 1. The maximum atomic E-state index is 12.5. The number of carbonyl (C=O) groups is 1. The minimum absolute atomic E-state index is 0.178. The van der Waals surface area contributed by atoms with Crippen molar-refractivity contribution in [1.82, 2.24) is 0 Å². The molecule has 0 bridgehead atoms. The molecule has 3 rings (SSSR count). The van der Waals surface area contributed by atoms with Crippen molar-refractivity contribution in [2.45, 2.75) is 12.8 Å². The number of ketones is 1. The molecule has 1 aromatic rings. The lowest BCUT2D eigenvalue weighted by Crippen LogP contribution is -2.16. The van der Waals surface area contributed by atoms with Gasteiger partial charge < -0.3 is 4.74 Å². The maximum Gasteiger partial charge on any atom is 0.189 e. The van der Waals surface area contributed by atoms with E-state index >= 15 is 0 Å². The second-order valence-electron chi connectivity index (χ2n) is 4.47. The quantitative estimate of drug-likeness (QED) is 0.722. The molecule has 0 saturated heterocycles. The molecule has 0 unspecified atom stereocenters. The molecule has 3 heteroatoms. The molecule has 2 nitrogen and oxygen atoms in total. The van der Waals surface area contributed by atoms with Crippen molar-refractivity contribution >= 4 is 17.5 Å². The Hall–Kier alpha value is -1.48. The van der Waals surface area contributed by atoms with Crippen LogP contribution in [0.15, 0.2) is 40.8 Å². The fourth-order valence-corrected chi connectivity index (χ4v) is 3.26. The van der Waals surface area contributed by atoms with E-state index in [2.05, 4.69) is 11.5 Å². The molecule has 2 aliphatic rings. The smallest absolute Gasteiger partial charge is 0.189 e. The van der Waals surface area contributed by atoms with Crippen LogP contribution < -0.4 is 4.74 Å². The Morgan fingerprint density at radius 1 is 1.28 bits per heavy atom. The number of allylic oxidation sites excluding steroid dienone is 2. The first kappa shape index (κ1) is 11.6. The molecule has 0 spiro atoms. The van der Waals surface area contributed by atoms with Crippen LogP contribution in [0.4, 0.5) is 0 Å². The monoisotopic (exact) mass is 258 g/mol. The van der Waals surface area contributed by atoms with Crippen molar-refractivity contribution in [3.63, 3.8) is 0 Å². The number of Topliss-reactive ketones (excluding diaryl/α,β-unsaturated/α-hetero) is 1. The zero-order valence-electron chi connectivity index (χ0n) is 10.2. The van der Waals surface area contributed by atoms with Crippen LogP contribution in [0.3, 0.4) is 0 Å². The van der Waals surface area contributed by atoms with Crippen LogP contribution >= 0.6 is 11.8 Å². The molecular formula is C15H14O2S. The Balaban J connectivity index is 2.05. The average Bonchev–Trinajstić information content (AvgIpc) is 2.93. The summed E-state index contributed by atoms with van der Waals surface area (Å²) in [6, 6.07) is 5.80. The van der Waals surface area contributed by atoms with E-state index < -0.39 is 0 Å². The van der Waals surface area contributed by atoms with Gasteiger partial charge in [-0.25, -0.2) is 0 Å². The minimum Gasteiger partial charge on any atom is -0.497 e. The van der Waals surface area contributed by atoms with Gasteiger partial charge in [0.25, 0.3) is 0 Å². The average molecular weight is 258 g/mol. The molecule has 0 N–H and O–H groups in total. The maximum absolute atomic E-state index is 12.5. The van der Waals surface area contributed by atoms with Crippen molar-refractivity contribution in [3.8, 4) is 5.75 Å². The number of thioether (sulfide) groups is 1. The highest BCUT2D eigenvalue weighted by molar-refractivity contribution is 8.02. The lowest BCUT2D eigenvalue weighted by Gasteiger charge is -2.19. The molecule has 0 atom stereocenters. The fraction of sp³-hybridized carbons (Fsp3) is 0.267. The highest BCUT2D eigenvalue weighted by atomic mass is 32.2.